The van der Waals surface area contributed by atoms with Crippen molar-refractivity contribution in [2.24, 2.45) is 0 Å². The number of rotatable bonds is 4. The molecule has 5 heteroatoms. The molecule has 0 unspecified atom stereocenters. The van der Waals surface area contributed by atoms with Crippen LogP contribution in [0.4, 0.5) is 0 Å². The topological polar surface area (TPSA) is 46.5 Å². The average molecular weight is 263 g/mol. The zero-order valence-electron chi connectivity index (χ0n) is 8.80. The zero-order valence-corrected chi connectivity index (χ0v) is 10.3. The first-order valence-electron chi connectivity index (χ1n) is 4.87. The maximum Gasteiger partial charge on any atom is 0.306 e. The second kappa shape index (κ2) is 5.97. The molecule has 0 aliphatic carbocycles. The van der Waals surface area contributed by atoms with E-state index in [1.807, 2.05) is 0 Å². The lowest BCUT2D eigenvalue weighted by Gasteiger charge is -2.06. The summed E-state index contributed by atoms with van der Waals surface area (Å²) in [5.41, 5.74) is 0.547. The molecule has 0 fully saturated rings. The molecule has 1 aromatic carbocycles. The van der Waals surface area contributed by atoms with Gasteiger partial charge in [-0.1, -0.05) is 23.2 Å². The largest absolute Gasteiger partial charge is 0.506 e. The Morgan fingerprint density at radius 1 is 1.44 bits per heavy atom. The van der Waals surface area contributed by atoms with E-state index in [1.54, 1.807) is 13.0 Å². The molecule has 0 amide bonds. The lowest BCUT2D eigenvalue weighted by atomic mass is 10.1. The highest BCUT2D eigenvalue weighted by Crippen LogP contribution is 2.31. The van der Waals surface area contributed by atoms with Crippen molar-refractivity contribution in [3.63, 3.8) is 0 Å². The van der Waals surface area contributed by atoms with E-state index in [4.69, 9.17) is 27.9 Å². The van der Waals surface area contributed by atoms with E-state index in [1.165, 1.54) is 6.07 Å². The van der Waals surface area contributed by atoms with Crippen molar-refractivity contribution < 1.29 is 14.6 Å². The predicted octanol–water partition coefficient (Wildman–Crippen LogP) is 3.19. The number of carbonyl (C=O) groups excluding carboxylic acids is 1. The number of carbonyl (C=O) groups is 1. The van der Waals surface area contributed by atoms with Crippen molar-refractivity contribution in [3.8, 4) is 5.75 Å². The number of hydrogen-bond acceptors (Lipinski definition) is 3. The van der Waals surface area contributed by atoms with Crippen LogP contribution in [0.25, 0.3) is 0 Å². The standard InChI is InChI=1S/C11H12Cl2O3/c1-2-16-10(14)4-3-7-5-8(12)6-9(13)11(7)15/h5-6,15H,2-4H2,1H3. The third-order valence-electron chi connectivity index (χ3n) is 2.01. The summed E-state index contributed by atoms with van der Waals surface area (Å²) in [7, 11) is 0. The molecule has 88 valence electrons. The third kappa shape index (κ3) is 3.58. The highest BCUT2D eigenvalue weighted by atomic mass is 35.5. The molecule has 1 rings (SSSR count). The monoisotopic (exact) mass is 262 g/mol. The number of aryl methyl sites for hydroxylation is 1. The second-order valence-corrected chi connectivity index (χ2v) is 4.04. The van der Waals surface area contributed by atoms with Crippen LogP contribution in [-0.2, 0) is 16.0 Å². The van der Waals surface area contributed by atoms with Gasteiger partial charge in [0.15, 0.2) is 0 Å². The molecular weight excluding hydrogens is 251 g/mol. The van der Waals surface area contributed by atoms with Gasteiger partial charge in [0, 0.05) is 11.4 Å². The van der Waals surface area contributed by atoms with Gasteiger partial charge in [-0.15, -0.1) is 0 Å². The van der Waals surface area contributed by atoms with E-state index < -0.39 is 0 Å². The quantitative estimate of drug-likeness (QED) is 0.848. The Morgan fingerprint density at radius 2 is 2.12 bits per heavy atom. The van der Waals surface area contributed by atoms with Gasteiger partial charge in [-0.3, -0.25) is 4.79 Å². The lowest BCUT2D eigenvalue weighted by Crippen LogP contribution is -2.05. The van der Waals surface area contributed by atoms with Crippen LogP contribution in [0.2, 0.25) is 10.0 Å². The molecule has 0 radical (unpaired) electrons. The minimum Gasteiger partial charge on any atom is -0.506 e. The summed E-state index contributed by atoms with van der Waals surface area (Å²) in [6, 6.07) is 3.04. The molecular formula is C11H12Cl2O3. The first-order chi connectivity index (χ1) is 7.54. The number of ether oxygens (including phenoxy) is 1. The van der Waals surface area contributed by atoms with Gasteiger partial charge in [0.1, 0.15) is 5.75 Å². The van der Waals surface area contributed by atoms with Gasteiger partial charge in [0.25, 0.3) is 0 Å². The smallest absolute Gasteiger partial charge is 0.306 e. The van der Waals surface area contributed by atoms with Crippen LogP contribution in [0.15, 0.2) is 12.1 Å². The average Bonchev–Trinajstić information content (AvgIpc) is 2.21. The summed E-state index contributed by atoms with van der Waals surface area (Å²) in [5.74, 6) is -0.339. The van der Waals surface area contributed by atoms with E-state index in [0.29, 0.717) is 23.6 Å². The van der Waals surface area contributed by atoms with Crippen molar-refractivity contribution in [2.75, 3.05) is 6.61 Å². The van der Waals surface area contributed by atoms with Gasteiger partial charge in [-0.05, 0) is 31.0 Å². The molecule has 3 nitrogen and oxygen atoms in total. The molecule has 1 N–H and O–H groups in total. The fourth-order valence-electron chi connectivity index (χ4n) is 1.28. The Bertz CT molecular complexity index is 391. The van der Waals surface area contributed by atoms with Crippen LogP contribution >= 0.6 is 23.2 Å². The third-order valence-corrected chi connectivity index (χ3v) is 2.52. The number of phenols is 1. The molecule has 16 heavy (non-hydrogen) atoms. The van der Waals surface area contributed by atoms with Crippen LogP contribution in [0.1, 0.15) is 18.9 Å². The predicted molar refractivity (Wildman–Crippen MR) is 63.1 cm³/mol. The van der Waals surface area contributed by atoms with Crippen LogP contribution < -0.4 is 0 Å². The van der Waals surface area contributed by atoms with Crippen LogP contribution in [0.5, 0.6) is 5.75 Å². The number of halogens is 2. The molecule has 0 bridgehead atoms. The molecule has 0 saturated carbocycles. The molecule has 0 aliphatic heterocycles. The van der Waals surface area contributed by atoms with Crippen molar-refractivity contribution in [3.05, 3.63) is 27.7 Å². The van der Waals surface area contributed by atoms with Gasteiger partial charge >= 0.3 is 5.97 Å². The Hall–Kier alpha value is -0.930. The highest BCUT2D eigenvalue weighted by molar-refractivity contribution is 6.35. The maximum atomic E-state index is 11.1. The molecule has 1 aromatic rings. The van der Waals surface area contributed by atoms with E-state index >= 15 is 0 Å². The Labute approximate surface area is 104 Å². The SMILES string of the molecule is CCOC(=O)CCc1cc(Cl)cc(Cl)c1O. The summed E-state index contributed by atoms with van der Waals surface area (Å²) in [5, 5.41) is 10.2. The summed E-state index contributed by atoms with van der Waals surface area (Å²) in [6.07, 6.45) is 0.545. The van der Waals surface area contributed by atoms with Crippen molar-refractivity contribution in [2.45, 2.75) is 19.8 Å². The van der Waals surface area contributed by atoms with E-state index in [-0.39, 0.29) is 23.2 Å². The maximum absolute atomic E-state index is 11.1. The fraction of sp³-hybridized carbons (Fsp3) is 0.364. The van der Waals surface area contributed by atoms with Crippen molar-refractivity contribution in [1.29, 1.82) is 0 Å². The number of aromatic hydroxyl groups is 1. The first kappa shape index (κ1) is 13.1. The summed E-state index contributed by atoms with van der Waals surface area (Å²) in [6.45, 7) is 2.09. The molecule has 0 heterocycles. The lowest BCUT2D eigenvalue weighted by molar-refractivity contribution is -0.143. The zero-order chi connectivity index (χ0) is 12.1. The van der Waals surface area contributed by atoms with Crippen LogP contribution in [0, 0.1) is 0 Å². The number of esters is 1. The van der Waals surface area contributed by atoms with Crippen LogP contribution in [-0.4, -0.2) is 17.7 Å². The van der Waals surface area contributed by atoms with Gasteiger partial charge < -0.3 is 9.84 Å². The second-order valence-electron chi connectivity index (χ2n) is 3.20. The Kier molecular flexibility index (Phi) is 4.90. The first-order valence-corrected chi connectivity index (χ1v) is 5.62. The van der Waals surface area contributed by atoms with Crippen LogP contribution in [0.3, 0.4) is 0 Å². The van der Waals surface area contributed by atoms with E-state index in [9.17, 15) is 9.90 Å². The number of hydrogen-bond donors (Lipinski definition) is 1. The molecule has 0 spiro atoms. The minimum atomic E-state index is -0.307. The summed E-state index contributed by atoms with van der Waals surface area (Å²) in [4.78, 5) is 11.1. The van der Waals surface area contributed by atoms with Crippen molar-refractivity contribution in [1.82, 2.24) is 0 Å². The Morgan fingerprint density at radius 3 is 2.75 bits per heavy atom. The number of benzene rings is 1. The van der Waals surface area contributed by atoms with Gasteiger partial charge in [0.2, 0.25) is 0 Å². The van der Waals surface area contributed by atoms with Crippen molar-refractivity contribution >= 4 is 29.2 Å². The molecule has 0 aliphatic rings. The summed E-state index contributed by atoms with van der Waals surface area (Å²) < 4.78 is 4.78. The molecule has 0 aromatic heterocycles. The van der Waals surface area contributed by atoms with Gasteiger partial charge in [0.05, 0.1) is 11.6 Å². The minimum absolute atomic E-state index is 0.0321. The van der Waals surface area contributed by atoms with E-state index in [0.717, 1.165) is 0 Å². The summed E-state index contributed by atoms with van der Waals surface area (Å²) >= 11 is 11.5. The molecule has 0 atom stereocenters. The van der Waals surface area contributed by atoms with Gasteiger partial charge in [-0.25, -0.2) is 0 Å². The molecule has 0 saturated heterocycles. The van der Waals surface area contributed by atoms with E-state index in [2.05, 4.69) is 0 Å². The van der Waals surface area contributed by atoms with Gasteiger partial charge in [-0.2, -0.15) is 0 Å². The number of phenolic OH excluding ortho intramolecular Hbond substituents is 1. The Balaban J connectivity index is 2.70. The normalized spacial score (nSPS) is 10.2. The highest BCUT2D eigenvalue weighted by Gasteiger charge is 2.10. The fourth-order valence-corrected chi connectivity index (χ4v) is 1.82.